The van der Waals surface area contributed by atoms with Crippen LogP contribution >= 0.6 is 11.3 Å². The van der Waals surface area contributed by atoms with Crippen LogP contribution in [0.5, 0.6) is 0 Å². The van der Waals surface area contributed by atoms with Crippen molar-refractivity contribution in [1.82, 2.24) is 24.5 Å². The molecular weight excluding hydrogens is 544 g/mol. The summed E-state index contributed by atoms with van der Waals surface area (Å²) in [5, 5.41) is 4.13. The Labute approximate surface area is 225 Å². The highest BCUT2D eigenvalue weighted by molar-refractivity contribution is 7.93. The van der Waals surface area contributed by atoms with Gasteiger partial charge in [0.05, 0.1) is 22.2 Å². The summed E-state index contributed by atoms with van der Waals surface area (Å²) in [7, 11) is -4.11. The molecule has 0 fully saturated rings. The summed E-state index contributed by atoms with van der Waals surface area (Å²) in [6.45, 7) is 3.46. The summed E-state index contributed by atoms with van der Waals surface area (Å²) in [6, 6.07) is 13.0. The molecule has 0 bridgehead atoms. The van der Waals surface area contributed by atoms with Crippen LogP contribution in [0.15, 0.2) is 71.5 Å². The lowest BCUT2D eigenvalue weighted by atomic mass is 10.2. The van der Waals surface area contributed by atoms with E-state index in [9.17, 15) is 12.8 Å². The summed E-state index contributed by atoms with van der Waals surface area (Å²) in [5.41, 5.74) is 1.84. The zero-order valence-corrected chi connectivity index (χ0v) is 22.1. The van der Waals surface area contributed by atoms with E-state index in [4.69, 9.17) is 0 Å². The molecule has 6 rings (SSSR count). The lowest BCUT2D eigenvalue weighted by Gasteiger charge is -2.14. The van der Waals surface area contributed by atoms with Crippen molar-refractivity contribution < 1.29 is 17.2 Å². The van der Waals surface area contributed by atoms with Gasteiger partial charge in [0.15, 0.2) is 11.6 Å². The van der Waals surface area contributed by atoms with Crippen LogP contribution in [0, 0.1) is 25.5 Å². The molecule has 0 amide bonds. The number of rotatable bonds is 6. The number of sulfonamides is 1. The zero-order valence-electron chi connectivity index (χ0n) is 20.5. The Morgan fingerprint density at radius 2 is 1.77 bits per heavy atom. The third-order valence-corrected chi connectivity index (χ3v) is 8.93. The first-order valence-electron chi connectivity index (χ1n) is 11.6. The third-order valence-electron chi connectivity index (χ3n) is 6.28. The maximum Gasteiger partial charge on any atom is 0.263 e. The molecule has 0 aliphatic carbocycles. The largest absolute Gasteiger partial charge is 0.333 e. The number of fused-ring (bicyclic) bond motifs is 2. The Morgan fingerprint density at radius 3 is 2.56 bits per heavy atom. The first kappa shape index (κ1) is 24.8. The van der Waals surface area contributed by atoms with Crippen LogP contribution < -0.4 is 10.0 Å². The van der Waals surface area contributed by atoms with Crippen molar-refractivity contribution in [3.8, 4) is 5.82 Å². The van der Waals surface area contributed by atoms with Gasteiger partial charge in [-0.25, -0.2) is 37.1 Å². The van der Waals surface area contributed by atoms with Crippen LogP contribution in [0.25, 0.3) is 27.9 Å². The van der Waals surface area contributed by atoms with E-state index in [0.717, 1.165) is 28.0 Å². The van der Waals surface area contributed by atoms with Gasteiger partial charge in [-0.05, 0) is 55.8 Å². The monoisotopic (exact) mass is 563 g/mol. The molecule has 9 nitrogen and oxygen atoms in total. The second kappa shape index (κ2) is 9.36. The molecule has 0 unspecified atom stereocenters. The number of anilines is 3. The minimum absolute atomic E-state index is 0.0355. The average molecular weight is 564 g/mol. The van der Waals surface area contributed by atoms with E-state index < -0.39 is 33.0 Å². The van der Waals surface area contributed by atoms with Crippen LogP contribution in [0.1, 0.15) is 10.4 Å². The maximum atomic E-state index is 15.5. The fraction of sp³-hybridized carbons (Fsp3) is 0.0769. The van der Waals surface area contributed by atoms with E-state index in [1.165, 1.54) is 23.0 Å². The van der Waals surface area contributed by atoms with Gasteiger partial charge in [0, 0.05) is 10.3 Å². The molecule has 0 spiro atoms. The van der Waals surface area contributed by atoms with Crippen molar-refractivity contribution in [3.05, 3.63) is 88.6 Å². The molecule has 13 heteroatoms. The van der Waals surface area contributed by atoms with Gasteiger partial charge in [0.25, 0.3) is 10.0 Å². The first-order valence-corrected chi connectivity index (χ1v) is 14.0. The number of pyridine rings is 1. The number of para-hydroxylation sites is 2. The number of thiophene rings is 1. The van der Waals surface area contributed by atoms with Gasteiger partial charge in [0.1, 0.15) is 40.4 Å². The van der Waals surface area contributed by atoms with Gasteiger partial charge < -0.3 is 5.32 Å². The summed E-state index contributed by atoms with van der Waals surface area (Å²) in [5.74, 6) is -1.54. The number of nitrogens with zero attached hydrogens (tertiary/aromatic N) is 5. The van der Waals surface area contributed by atoms with Gasteiger partial charge in [-0.3, -0.25) is 9.29 Å². The number of aromatic nitrogens is 5. The van der Waals surface area contributed by atoms with Gasteiger partial charge in [-0.2, -0.15) is 0 Å². The smallest absolute Gasteiger partial charge is 0.263 e. The minimum Gasteiger partial charge on any atom is -0.333 e. The molecule has 196 valence electrons. The average Bonchev–Trinajstić information content (AvgIpc) is 3.51. The number of halogens is 2. The molecule has 4 aromatic heterocycles. The molecule has 4 heterocycles. The van der Waals surface area contributed by atoms with E-state index >= 15 is 4.39 Å². The van der Waals surface area contributed by atoms with Gasteiger partial charge in [0.2, 0.25) is 0 Å². The van der Waals surface area contributed by atoms with Gasteiger partial charge in [-0.15, -0.1) is 11.3 Å². The van der Waals surface area contributed by atoms with Crippen molar-refractivity contribution >= 4 is 60.6 Å². The number of hydrogen-bond donors (Lipinski definition) is 2. The van der Waals surface area contributed by atoms with E-state index in [0.29, 0.717) is 16.9 Å². The van der Waals surface area contributed by atoms with Crippen LogP contribution in [0.4, 0.5) is 26.0 Å². The molecule has 2 N–H and O–H groups in total. The minimum atomic E-state index is -4.11. The Hall–Kier alpha value is -4.49. The second-order valence-corrected chi connectivity index (χ2v) is 11.4. The van der Waals surface area contributed by atoms with E-state index in [1.807, 2.05) is 24.3 Å². The quantitative estimate of drug-likeness (QED) is 0.261. The number of benzene rings is 2. The Bertz CT molecular complexity index is 2010. The first-order chi connectivity index (χ1) is 18.7. The molecular formula is C26H19F2N7O2S2. The van der Waals surface area contributed by atoms with Gasteiger partial charge >= 0.3 is 0 Å². The third kappa shape index (κ3) is 4.34. The van der Waals surface area contributed by atoms with Crippen LogP contribution in [-0.4, -0.2) is 32.9 Å². The van der Waals surface area contributed by atoms with Crippen molar-refractivity contribution in [2.45, 2.75) is 18.7 Å². The second-order valence-electron chi connectivity index (χ2n) is 8.66. The maximum absolute atomic E-state index is 15.5. The zero-order chi connectivity index (χ0) is 27.3. The van der Waals surface area contributed by atoms with Gasteiger partial charge in [-0.1, -0.05) is 12.1 Å². The van der Waals surface area contributed by atoms with E-state index in [2.05, 4.69) is 30.0 Å². The normalized spacial score (nSPS) is 11.8. The topological polar surface area (TPSA) is 115 Å². The van der Waals surface area contributed by atoms with Crippen LogP contribution in [-0.2, 0) is 10.0 Å². The summed E-state index contributed by atoms with van der Waals surface area (Å²) < 4.78 is 60.3. The highest BCUT2D eigenvalue weighted by Gasteiger charge is 2.24. The Morgan fingerprint density at radius 1 is 0.949 bits per heavy atom. The number of imidazole rings is 1. The SMILES string of the molecule is Cc1scc(S(=O)(=O)Nc2ccc(F)c(Nc3ncnc4ccc(-n5cnc6ccccc65)nc34)c2F)c1C. The Balaban J connectivity index is 1.39. The van der Waals surface area contributed by atoms with Crippen LogP contribution in [0.3, 0.4) is 0 Å². The molecule has 2 aromatic carbocycles. The number of nitrogens with one attached hydrogen (secondary N) is 2. The highest BCUT2D eigenvalue weighted by atomic mass is 32.2. The fourth-order valence-corrected chi connectivity index (χ4v) is 6.69. The summed E-state index contributed by atoms with van der Waals surface area (Å²) >= 11 is 1.27. The van der Waals surface area contributed by atoms with Crippen molar-refractivity contribution in [2.24, 2.45) is 0 Å². The van der Waals surface area contributed by atoms with E-state index in [-0.39, 0.29) is 16.2 Å². The summed E-state index contributed by atoms with van der Waals surface area (Å²) in [6.07, 6.45) is 2.87. The Kier molecular flexibility index (Phi) is 5.96. The summed E-state index contributed by atoms with van der Waals surface area (Å²) in [4.78, 5) is 18.2. The number of aryl methyl sites for hydroxylation is 1. The molecule has 0 saturated heterocycles. The van der Waals surface area contributed by atoms with E-state index in [1.54, 1.807) is 36.9 Å². The lowest BCUT2D eigenvalue weighted by Crippen LogP contribution is -2.15. The van der Waals surface area contributed by atoms with Crippen molar-refractivity contribution in [2.75, 3.05) is 10.0 Å². The molecule has 39 heavy (non-hydrogen) atoms. The molecule has 0 aliphatic rings. The van der Waals surface area contributed by atoms with Crippen LogP contribution in [0.2, 0.25) is 0 Å². The predicted octanol–water partition coefficient (Wildman–Crippen LogP) is 5.86. The molecule has 0 radical (unpaired) electrons. The highest BCUT2D eigenvalue weighted by Crippen LogP contribution is 2.33. The molecule has 0 atom stereocenters. The fourth-order valence-electron chi connectivity index (χ4n) is 4.12. The standard InChI is InChI=1S/C26H19F2N7O2S2/c1-14-15(2)38-11-21(14)39(36,37)34-18-8-7-16(27)24(23(18)28)33-26-25-19(29-12-30-26)9-10-22(32-25)35-13-31-17-5-3-4-6-20(17)35/h3-13,34H,1-2H3,(H,29,30,33). The molecule has 0 saturated carbocycles. The van der Waals surface area contributed by atoms with Crippen molar-refractivity contribution in [1.29, 1.82) is 0 Å². The number of hydrogen-bond acceptors (Lipinski definition) is 8. The van der Waals surface area contributed by atoms with Crippen molar-refractivity contribution in [3.63, 3.8) is 0 Å². The lowest BCUT2D eigenvalue weighted by molar-refractivity contribution is 0.588. The molecule has 6 aromatic rings. The predicted molar refractivity (Wildman–Crippen MR) is 146 cm³/mol. The molecule has 0 aliphatic heterocycles.